The molecule has 0 spiro atoms. The number of aryl methyl sites for hydroxylation is 1. The normalized spacial score (nSPS) is 13.2. The van der Waals surface area contributed by atoms with Gasteiger partial charge in [0.05, 0.1) is 11.0 Å². The summed E-state index contributed by atoms with van der Waals surface area (Å²) in [7, 11) is 0. The zero-order chi connectivity index (χ0) is 19.3. The first-order valence-electron chi connectivity index (χ1n) is 9.03. The first kappa shape index (κ1) is 19.6. The summed E-state index contributed by atoms with van der Waals surface area (Å²) in [4.78, 5) is 23.2. The molecule has 140 valence electrons. The Morgan fingerprint density at radius 1 is 1.19 bits per heavy atom. The van der Waals surface area contributed by atoms with E-state index in [1.54, 1.807) is 0 Å². The van der Waals surface area contributed by atoms with Crippen molar-refractivity contribution in [2.45, 2.75) is 59.0 Å². The summed E-state index contributed by atoms with van der Waals surface area (Å²) in [5.74, 6) is -0.0406. The SMILES string of the molecule is CCC(C)c1ccc(C(CC)NC(=O)c2nn(CC)cc2[N+](=O)[O-])cc1. The number of aromatic nitrogens is 2. The van der Waals surface area contributed by atoms with Crippen LogP contribution in [0.15, 0.2) is 30.5 Å². The van der Waals surface area contributed by atoms with Gasteiger partial charge in [-0.3, -0.25) is 19.6 Å². The summed E-state index contributed by atoms with van der Waals surface area (Å²) >= 11 is 0. The van der Waals surface area contributed by atoms with Gasteiger partial charge in [0.1, 0.15) is 6.20 Å². The summed E-state index contributed by atoms with van der Waals surface area (Å²) < 4.78 is 1.40. The van der Waals surface area contributed by atoms with Gasteiger partial charge in [-0.05, 0) is 36.8 Å². The van der Waals surface area contributed by atoms with Crippen molar-refractivity contribution < 1.29 is 9.72 Å². The highest BCUT2D eigenvalue weighted by Crippen LogP contribution is 2.24. The summed E-state index contributed by atoms with van der Waals surface area (Å²) in [6.07, 6.45) is 3.03. The second kappa shape index (κ2) is 8.60. The first-order chi connectivity index (χ1) is 12.4. The average Bonchev–Trinajstić information content (AvgIpc) is 3.10. The third kappa shape index (κ3) is 4.28. The Balaban J connectivity index is 2.21. The lowest BCUT2D eigenvalue weighted by molar-refractivity contribution is -0.385. The van der Waals surface area contributed by atoms with E-state index in [1.807, 2.05) is 26.0 Å². The van der Waals surface area contributed by atoms with Crippen molar-refractivity contribution >= 4 is 11.6 Å². The fourth-order valence-electron chi connectivity index (χ4n) is 2.81. The number of nitro groups is 1. The van der Waals surface area contributed by atoms with Crippen LogP contribution in [0, 0.1) is 10.1 Å². The molecule has 1 amide bonds. The minimum absolute atomic E-state index is 0.147. The van der Waals surface area contributed by atoms with Gasteiger partial charge in [-0.25, -0.2) is 0 Å². The van der Waals surface area contributed by atoms with Crippen LogP contribution in [0.2, 0.25) is 0 Å². The Labute approximate surface area is 153 Å². The molecule has 2 atom stereocenters. The minimum atomic E-state index is -0.573. The van der Waals surface area contributed by atoms with E-state index < -0.39 is 10.8 Å². The van der Waals surface area contributed by atoms with Crippen molar-refractivity contribution in [3.63, 3.8) is 0 Å². The standard InChI is InChI=1S/C19H26N4O3/c1-5-13(4)14-8-10-15(11-9-14)16(6-2)20-19(24)18-17(23(25)26)12-22(7-3)21-18/h8-13,16H,5-7H2,1-4H3,(H,20,24). The molecule has 7 heteroatoms. The van der Waals surface area contributed by atoms with Gasteiger partial charge in [0.2, 0.25) is 5.69 Å². The smallest absolute Gasteiger partial charge is 0.320 e. The molecule has 1 aromatic carbocycles. The molecule has 26 heavy (non-hydrogen) atoms. The Bertz CT molecular complexity index is 768. The van der Waals surface area contributed by atoms with Gasteiger partial charge in [0.15, 0.2) is 0 Å². The van der Waals surface area contributed by atoms with Crippen LogP contribution in [-0.4, -0.2) is 20.6 Å². The predicted octanol–water partition coefficient (Wildman–Crippen LogP) is 4.21. The van der Waals surface area contributed by atoms with E-state index in [0.717, 1.165) is 12.0 Å². The zero-order valence-corrected chi connectivity index (χ0v) is 15.7. The maximum Gasteiger partial charge on any atom is 0.320 e. The predicted molar refractivity (Wildman–Crippen MR) is 100 cm³/mol. The van der Waals surface area contributed by atoms with E-state index in [0.29, 0.717) is 18.9 Å². The topological polar surface area (TPSA) is 90.1 Å². The second-order valence-electron chi connectivity index (χ2n) is 6.39. The number of amides is 1. The number of nitrogens with zero attached hydrogens (tertiary/aromatic N) is 3. The number of hydrogen-bond acceptors (Lipinski definition) is 4. The highest BCUT2D eigenvalue weighted by molar-refractivity contribution is 5.96. The van der Waals surface area contributed by atoms with Crippen LogP contribution in [0.5, 0.6) is 0 Å². The monoisotopic (exact) mass is 358 g/mol. The van der Waals surface area contributed by atoms with Crippen LogP contribution in [0.4, 0.5) is 5.69 Å². The Morgan fingerprint density at radius 3 is 2.31 bits per heavy atom. The van der Waals surface area contributed by atoms with E-state index >= 15 is 0 Å². The van der Waals surface area contributed by atoms with E-state index in [9.17, 15) is 14.9 Å². The molecule has 0 bridgehead atoms. The van der Waals surface area contributed by atoms with Crippen molar-refractivity contribution in [1.29, 1.82) is 0 Å². The molecule has 0 saturated heterocycles. The van der Waals surface area contributed by atoms with Crippen LogP contribution >= 0.6 is 0 Å². The molecule has 2 unspecified atom stereocenters. The molecular formula is C19H26N4O3. The third-order valence-electron chi connectivity index (χ3n) is 4.71. The Morgan fingerprint density at radius 2 is 1.81 bits per heavy atom. The van der Waals surface area contributed by atoms with E-state index in [-0.39, 0.29) is 17.4 Å². The maximum absolute atomic E-state index is 12.6. The molecule has 0 radical (unpaired) electrons. The molecule has 2 rings (SSSR count). The van der Waals surface area contributed by atoms with Gasteiger partial charge in [-0.15, -0.1) is 0 Å². The molecule has 1 aromatic heterocycles. The Hall–Kier alpha value is -2.70. The zero-order valence-electron chi connectivity index (χ0n) is 15.7. The molecule has 0 aliphatic carbocycles. The summed E-state index contributed by atoms with van der Waals surface area (Å²) in [5, 5.41) is 18.1. The largest absolute Gasteiger partial charge is 0.344 e. The van der Waals surface area contributed by atoms with Gasteiger partial charge in [0, 0.05) is 6.54 Å². The molecule has 0 aliphatic rings. The molecule has 1 heterocycles. The summed E-state index contributed by atoms with van der Waals surface area (Å²) in [6.45, 7) is 8.56. The fraction of sp³-hybridized carbons (Fsp3) is 0.474. The van der Waals surface area contributed by atoms with Crippen LogP contribution in [0.1, 0.15) is 74.1 Å². The van der Waals surface area contributed by atoms with Crippen LogP contribution < -0.4 is 5.32 Å². The highest BCUT2D eigenvalue weighted by atomic mass is 16.6. The maximum atomic E-state index is 12.6. The van der Waals surface area contributed by atoms with Crippen LogP contribution in [0.25, 0.3) is 0 Å². The minimum Gasteiger partial charge on any atom is -0.344 e. The molecule has 0 saturated carbocycles. The van der Waals surface area contributed by atoms with Crippen LogP contribution in [-0.2, 0) is 6.54 Å². The van der Waals surface area contributed by atoms with Crippen molar-refractivity contribution in [2.75, 3.05) is 0 Å². The van der Waals surface area contributed by atoms with Crippen molar-refractivity contribution in [3.05, 3.63) is 57.4 Å². The molecule has 0 aliphatic heterocycles. The lowest BCUT2D eigenvalue weighted by atomic mass is 9.95. The number of carbonyl (C=O) groups excluding carboxylic acids is 1. The quantitative estimate of drug-likeness (QED) is 0.565. The van der Waals surface area contributed by atoms with Crippen molar-refractivity contribution in [1.82, 2.24) is 15.1 Å². The average molecular weight is 358 g/mol. The fourth-order valence-corrected chi connectivity index (χ4v) is 2.81. The molecule has 2 aromatic rings. The van der Waals surface area contributed by atoms with Crippen LogP contribution in [0.3, 0.4) is 0 Å². The van der Waals surface area contributed by atoms with E-state index in [1.165, 1.54) is 16.4 Å². The summed E-state index contributed by atoms with van der Waals surface area (Å²) in [5.41, 5.74) is 1.82. The molecule has 1 N–H and O–H groups in total. The first-order valence-corrected chi connectivity index (χ1v) is 9.03. The highest BCUT2D eigenvalue weighted by Gasteiger charge is 2.27. The second-order valence-corrected chi connectivity index (χ2v) is 6.39. The van der Waals surface area contributed by atoms with Gasteiger partial charge in [0.25, 0.3) is 5.91 Å². The summed E-state index contributed by atoms with van der Waals surface area (Å²) in [6, 6.07) is 7.95. The molecule has 7 nitrogen and oxygen atoms in total. The lowest BCUT2D eigenvalue weighted by Gasteiger charge is -2.18. The Kier molecular flexibility index (Phi) is 6.49. The number of nitrogens with one attached hydrogen (secondary N) is 1. The van der Waals surface area contributed by atoms with Crippen molar-refractivity contribution in [3.8, 4) is 0 Å². The van der Waals surface area contributed by atoms with Gasteiger partial charge in [-0.2, -0.15) is 5.10 Å². The van der Waals surface area contributed by atoms with E-state index in [4.69, 9.17) is 0 Å². The van der Waals surface area contributed by atoms with Gasteiger partial charge >= 0.3 is 5.69 Å². The number of carbonyl (C=O) groups is 1. The molecule has 0 fully saturated rings. The number of rotatable bonds is 8. The van der Waals surface area contributed by atoms with Crippen molar-refractivity contribution in [2.24, 2.45) is 0 Å². The number of hydrogen-bond donors (Lipinski definition) is 1. The molecular weight excluding hydrogens is 332 g/mol. The van der Waals surface area contributed by atoms with Gasteiger partial charge in [-0.1, -0.05) is 45.0 Å². The lowest BCUT2D eigenvalue weighted by Crippen LogP contribution is -2.29. The number of benzene rings is 1. The van der Waals surface area contributed by atoms with E-state index in [2.05, 4.69) is 36.4 Å². The third-order valence-corrected chi connectivity index (χ3v) is 4.71. The van der Waals surface area contributed by atoms with Gasteiger partial charge < -0.3 is 5.32 Å².